The minimum atomic E-state index is -0.643. The lowest BCUT2D eigenvalue weighted by Gasteiger charge is -2.60. The molecular weight excluding hydrogens is 288 g/mol. The highest BCUT2D eigenvalue weighted by Crippen LogP contribution is 2.70. The third kappa shape index (κ3) is 1.77. The van der Waals surface area contributed by atoms with Crippen LogP contribution in [0.25, 0.3) is 0 Å². The molecule has 0 aromatic heterocycles. The number of fused-ring (bicyclic) bond motifs is 3. The van der Waals surface area contributed by atoms with Crippen LogP contribution in [0.15, 0.2) is 23.8 Å². The van der Waals surface area contributed by atoms with Crippen molar-refractivity contribution >= 4 is 5.97 Å². The van der Waals surface area contributed by atoms with Crippen molar-refractivity contribution in [3.63, 3.8) is 0 Å². The molecular formula is C20H28O3. The minimum absolute atomic E-state index is 0.0831. The third-order valence-electron chi connectivity index (χ3n) is 7.97. The lowest BCUT2D eigenvalue weighted by molar-refractivity contribution is -0.161. The molecule has 3 fully saturated rings. The molecule has 2 bridgehead atoms. The van der Waals surface area contributed by atoms with Crippen molar-refractivity contribution in [2.45, 2.75) is 64.9 Å². The van der Waals surface area contributed by atoms with Gasteiger partial charge in [-0.15, -0.1) is 0 Å². The first-order valence-corrected chi connectivity index (χ1v) is 9.05. The van der Waals surface area contributed by atoms with E-state index in [1.54, 1.807) is 0 Å². The molecule has 3 heteroatoms. The van der Waals surface area contributed by atoms with Crippen LogP contribution in [0.5, 0.6) is 0 Å². The van der Waals surface area contributed by atoms with E-state index in [9.17, 15) is 15.0 Å². The van der Waals surface area contributed by atoms with Crippen molar-refractivity contribution in [1.29, 1.82) is 0 Å². The number of hydrogen-bond donors (Lipinski definition) is 2. The van der Waals surface area contributed by atoms with E-state index in [4.69, 9.17) is 0 Å². The fourth-order valence-electron chi connectivity index (χ4n) is 6.87. The molecule has 0 heterocycles. The molecule has 23 heavy (non-hydrogen) atoms. The first kappa shape index (κ1) is 15.4. The fraction of sp³-hybridized carbons (Fsp3) is 0.750. The van der Waals surface area contributed by atoms with E-state index in [0.29, 0.717) is 0 Å². The molecule has 126 valence electrons. The van der Waals surface area contributed by atoms with Crippen LogP contribution in [-0.4, -0.2) is 22.3 Å². The maximum absolute atomic E-state index is 12.0. The lowest BCUT2D eigenvalue weighted by Crippen LogP contribution is -2.54. The second-order valence-corrected chi connectivity index (χ2v) is 9.08. The summed E-state index contributed by atoms with van der Waals surface area (Å²) in [5, 5.41) is 20.5. The summed E-state index contributed by atoms with van der Waals surface area (Å²) >= 11 is 0. The minimum Gasteiger partial charge on any atom is -0.481 e. The summed E-state index contributed by atoms with van der Waals surface area (Å²) in [5.41, 5.74) is 2.01. The van der Waals surface area contributed by atoms with Gasteiger partial charge < -0.3 is 10.2 Å². The Bertz CT molecular complexity index is 620. The van der Waals surface area contributed by atoms with Gasteiger partial charge in [0.05, 0.1) is 11.5 Å². The van der Waals surface area contributed by atoms with E-state index in [0.717, 1.165) is 44.9 Å². The van der Waals surface area contributed by atoms with Gasteiger partial charge in [-0.2, -0.15) is 0 Å². The van der Waals surface area contributed by atoms with Crippen molar-refractivity contribution < 1.29 is 15.0 Å². The van der Waals surface area contributed by atoms with Gasteiger partial charge in [0, 0.05) is 5.92 Å². The fourth-order valence-corrected chi connectivity index (χ4v) is 6.87. The molecule has 0 aromatic carbocycles. The Balaban J connectivity index is 1.83. The van der Waals surface area contributed by atoms with E-state index in [-0.39, 0.29) is 22.7 Å². The molecule has 4 aliphatic carbocycles. The molecule has 0 unspecified atom stereocenters. The zero-order valence-corrected chi connectivity index (χ0v) is 14.3. The van der Waals surface area contributed by atoms with E-state index in [2.05, 4.69) is 19.6 Å². The number of hydrogen-bond acceptors (Lipinski definition) is 2. The molecule has 2 N–H and O–H groups in total. The summed E-state index contributed by atoms with van der Waals surface area (Å²) in [6, 6.07) is 0. The number of aliphatic carboxylic acids is 1. The largest absolute Gasteiger partial charge is 0.481 e. The second-order valence-electron chi connectivity index (χ2n) is 9.08. The smallest absolute Gasteiger partial charge is 0.309 e. The van der Waals surface area contributed by atoms with Crippen LogP contribution in [0.4, 0.5) is 0 Å². The van der Waals surface area contributed by atoms with E-state index >= 15 is 0 Å². The zero-order valence-electron chi connectivity index (χ0n) is 14.3. The lowest BCUT2D eigenvalue weighted by atomic mass is 9.44. The van der Waals surface area contributed by atoms with Crippen LogP contribution in [0.2, 0.25) is 0 Å². The second kappa shape index (κ2) is 4.50. The standard InChI is InChI=1S/C20H28O3/c1-12-10-20-8-5-15-18(2,6-4-7-19(15,3)17(22)23)16(20)9-14(21)13(12)11-20/h9,13-15,21H,1,4-8,10-11H2,2-3H3,(H,22,23)/t13-,14+,15-,18+,19+,20+/m0/s1. The predicted octanol–water partition coefficient (Wildman–Crippen LogP) is 3.93. The highest BCUT2D eigenvalue weighted by Gasteiger charge is 2.63. The normalized spacial score (nSPS) is 51.7. The topological polar surface area (TPSA) is 57.5 Å². The molecule has 0 aromatic rings. The monoisotopic (exact) mass is 316 g/mol. The summed E-state index contributed by atoms with van der Waals surface area (Å²) in [6.45, 7) is 8.46. The maximum Gasteiger partial charge on any atom is 0.309 e. The van der Waals surface area contributed by atoms with Crippen molar-refractivity contribution in [1.82, 2.24) is 0 Å². The molecule has 3 nitrogen and oxygen atoms in total. The van der Waals surface area contributed by atoms with Crippen LogP contribution in [0.3, 0.4) is 0 Å². The number of carbonyl (C=O) groups is 1. The van der Waals surface area contributed by atoms with Crippen molar-refractivity contribution in [3.8, 4) is 0 Å². The number of aliphatic hydroxyl groups is 1. The van der Waals surface area contributed by atoms with Crippen LogP contribution in [0.1, 0.15) is 58.8 Å². The van der Waals surface area contributed by atoms with Gasteiger partial charge in [0.2, 0.25) is 0 Å². The van der Waals surface area contributed by atoms with Crippen LogP contribution in [-0.2, 0) is 4.79 Å². The molecule has 0 saturated heterocycles. The Morgan fingerprint density at radius 2 is 2.04 bits per heavy atom. The predicted molar refractivity (Wildman–Crippen MR) is 88.8 cm³/mol. The molecule has 4 rings (SSSR count). The van der Waals surface area contributed by atoms with Gasteiger partial charge in [0.15, 0.2) is 0 Å². The number of rotatable bonds is 1. The molecule has 0 aliphatic heterocycles. The van der Waals surface area contributed by atoms with E-state index in [1.165, 1.54) is 11.1 Å². The van der Waals surface area contributed by atoms with Crippen LogP contribution in [0, 0.1) is 28.1 Å². The zero-order chi connectivity index (χ0) is 16.6. The molecule has 6 atom stereocenters. The van der Waals surface area contributed by atoms with Gasteiger partial charge in [-0.3, -0.25) is 4.79 Å². The van der Waals surface area contributed by atoms with Crippen molar-refractivity contribution in [2.24, 2.45) is 28.1 Å². The van der Waals surface area contributed by atoms with Gasteiger partial charge in [0.25, 0.3) is 0 Å². The SMILES string of the molecule is C=C1C[C@@]23CC[C@@H]4[C@](C)(C(=O)O)CCC[C@@]4(C)C2=C[C@@H](O)[C@H]1C3. The summed E-state index contributed by atoms with van der Waals surface area (Å²) in [7, 11) is 0. The average Bonchev–Trinajstić information content (AvgIpc) is 2.75. The van der Waals surface area contributed by atoms with Gasteiger partial charge in [-0.05, 0) is 62.2 Å². The highest BCUT2D eigenvalue weighted by molar-refractivity contribution is 5.75. The molecule has 3 saturated carbocycles. The Kier molecular flexibility index (Phi) is 3.02. The van der Waals surface area contributed by atoms with Crippen molar-refractivity contribution in [3.05, 3.63) is 23.8 Å². The number of carboxylic acids is 1. The van der Waals surface area contributed by atoms with E-state index in [1.807, 2.05) is 6.92 Å². The first-order valence-electron chi connectivity index (χ1n) is 9.05. The van der Waals surface area contributed by atoms with Crippen molar-refractivity contribution in [2.75, 3.05) is 0 Å². The van der Waals surface area contributed by atoms with Gasteiger partial charge in [-0.1, -0.05) is 37.1 Å². The van der Waals surface area contributed by atoms with Gasteiger partial charge in [0.1, 0.15) is 0 Å². The average molecular weight is 316 g/mol. The van der Waals surface area contributed by atoms with Crippen LogP contribution < -0.4 is 0 Å². The molecule has 1 spiro atoms. The van der Waals surface area contributed by atoms with Gasteiger partial charge >= 0.3 is 5.97 Å². The summed E-state index contributed by atoms with van der Waals surface area (Å²) in [6.07, 6.45) is 8.53. The Morgan fingerprint density at radius 1 is 1.30 bits per heavy atom. The Labute approximate surface area is 138 Å². The first-order chi connectivity index (χ1) is 10.7. The molecule has 0 radical (unpaired) electrons. The number of carboxylic acid groups (broad SMARTS) is 1. The van der Waals surface area contributed by atoms with E-state index < -0.39 is 17.5 Å². The third-order valence-corrected chi connectivity index (χ3v) is 7.97. The van der Waals surface area contributed by atoms with Gasteiger partial charge in [-0.25, -0.2) is 0 Å². The maximum atomic E-state index is 12.0. The number of allylic oxidation sites excluding steroid dienone is 1. The Hall–Kier alpha value is -1.09. The quantitative estimate of drug-likeness (QED) is 0.721. The van der Waals surface area contributed by atoms with Crippen LogP contribution >= 0.6 is 0 Å². The highest BCUT2D eigenvalue weighted by atomic mass is 16.4. The summed E-state index contributed by atoms with van der Waals surface area (Å²) in [4.78, 5) is 12.0. The Morgan fingerprint density at radius 3 is 2.74 bits per heavy atom. The molecule has 4 aliphatic rings. The summed E-state index contributed by atoms with van der Waals surface area (Å²) < 4.78 is 0. The summed E-state index contributed by atoms with van der Waals surface area (Å²) in [5.74, 6) is -0.251. The molecule has 0 amide bonds. The number of aliphatic hydroxyl groups excluding tert-OH is 1.